The molecule has 0 fully saturated rings. The smallest absolute Gasteiger partial charge is 0.270 e. The third-order valence-electron chi connectivity index (χ3n) is 14.8. The minimum absolute atomic E-state index is 0.149. The molecule has 0 bridgehead atoms. The summed E-state index contributed by atoms with van der Waals surface area (Å²) < 4.78 is 0. The zero-order valence-corrected chi connectivity index (χ0v) is 42.5. The van der Waals surface area contributed by atoms with Crippen LogP contribution < -0.4 is 5.32 Å². The van der Waals surface area contributed by atoms with Gasteiger partial charge in [0.15, 0.2) is 0 Å². The number of nitrogens with one attached hydrogen (secondary N) is 1. The second-order valence-electron chi connectivity index (χ2n) is 20.8. The van der Waals surface area contributed by atoms with Crippen molar-refractivity contribution in [3.05, 3.63) is 158 Å². The Morgan fingerprint density at radius 3 is 1.13 bits per heavy atom. The highest BCUT2D eigenvalue weighted by molar-refractivity contribution is 6.08. The molecule has 0 saturated heterocycles. The first-order chi connectivity index (χ1) is 32.8. The van der Waals surface area contributed by atoms with Crippen molar-refractivity contribution in [1.29, 1.82) is 0 Å². The Kier molecular flexibility index (Phi) is 11.0. The van der Waals surface area contributed by atoms with Gasteiger partial charge in [-0.3, -0.25) is 4.79 Å². The fraction of sp³-hybridized carbons (Fsp3) is 0.258. The summed E-state index contributed by atoms with van der Waals surface area (Å²) >= 11 is 0. The Labute approximate surface area is 405 Å². The lowest BCUT2D eigenvalue weighted by molar-refractivity contribution is 0.0906. The normalized spacial score (nSPS) is 12.5. The average molecular weight is 905 g/mol. The van der Waals surface area contributed by atoms with Gasteiger partial charge in [0.05, 0.1) is 50.4 Å². The monoisotopic (exact) mass is 904 g/mol. The molecule has 7 heteroatoms. The number of amides is 1. The van der Waals surface area contributed by atoms with E-state index in [9.17, 15) is 0 Å². The number of hydrogen-bond acceptors (Lipinski definition) is 6. The number of carbonyl (C=O) groups is 1. The van der Waals surface area contributed by atoms with Crippen LogP contribution in [0.25, 0.3) is 99.5 Å². The van der Waals surface area contributed by atoms with Crippen molar-refractivity contribution in [1.82, 2.24) is 30.2 Å². The maximum atomic E-state index is 15.0. The quantitative estimate of drug-likeness (QED) is 0.179. The molecular formula is C62H60N6O. The first kappa shape index (κ1) is 45.4. The number of pyridine rings is 5. The minimum atomic E-state index is -0.251. The van der Waals surface area contributed by atoms with E-state index < -0.39 is 0 Å². The van der Waals surface area contributed by atoms with Gasteiger partial charge in [0.1, 0.15) is 5.69 Å². The molecule has 1 amide bonds. The second-order valence-corrected chi connectivity index (χ2v) is 20.8. The van der Waals surface area contributed by atoms with Crippen molar-refractivity contribution < 1.29 is 4.79 Å². The van der Waals surface area contributed by atoms with Crippen molar-refractivity contribution >= 4 is 60.4 Å². The standard InChI is InChI=1S/C62H60N6O/c1-31-15-20-36(6)52-42(31)25-26-51(64-52)47-27-43-32(2)16-21-37(7)53(43)65-57(47)48-28-44-33(3)17-22-38(8)54(44)66-58(48)49-29-45-34(4)18-23-39(9)55(45)67-59(49)50-30-46-35(5)19-24-40(10)56(46)68-60(50)61(69)63-41(11)62(12,13)14/h15-30,41H,1-14H3,(H,63,69)/t41-/m0/s1. The van der Waals surface area contributed by atoms with Crippen LogP contribution in [-0.4, -0.2) is 36.9 Å². The van der Waals surface area contributed by atoms with Gasteiger partial charge in [0.25, 0.3) is 5.91 Å². The van der Waals surface area contributed by atoms with E-state index in [2.05, 4.69) is 199 Å². The average Bonchev–Trinajstić information content (AvgIpc) is 3.33. The van der Waals surface area contributed by atoms with Gasteiger partial charge in [-0.15, -0.1) is 0 Å². The summed E-state index contributed by atoms with van der Waals surface area (Å²) in [5, 5.41) is 8.57. The zero-order valence-electron chi connectivity index (χ0n) is 42.5. The van der Waals surface area contributed by atoms with Gasteiger partial charge in [0.2, 0.25) is 0 Å². The van der Waals surface area contributed by atoms with E-state index in [1.807, 2.05) is 0 Å². The minimum Gasteiger partial charge on any atom is -0.348 e. The highest BCUT2D eigenvalue weighted by Crippen LogP contribution is 2.45. The number of carbonyl (C=O) groups excluding carboxylic acids is 1. The van der Waals surface area contributed by atoms with Crippen LogP contribution >= 0.6 is 0 Å². The van der Waals surface area contributed by atoms with Gasteiger partial charge < -0.3 is 5.32 Å². The van der Waals surface area contributed by atoms with Crippen LogP contribution in [-0.2, 0) is 0 Å². The third-order valence-corrected chi connectivity index (χ3v) is 14.8. The van der Waals surface area contributed by atoms with Crippen molar-refractivity contribution in [3.63, 3.8) is 0 Å². The summed E-state index contributed by atoms with van der Waals surface area (Å²) in [5.74, 6) is -0.251. The van der Waals surface area contributed by atoms with Crippen molar-refractivity contribution in [2.24, 2.45) is 5.41 Å². The fourth-order valence-electron chi connectivity index (χ4n) is 9.79. The number of fused-ring (bicyclic) bond motifs is 5. The Bertz CT molecular complexity index is 3840. The van der Waals surface area contributed by atoms with Crippen molar-refractivity contribution in [3.8, 4) is 45.0 Å². The number of aromatic nitrogens is 5. The highest BCUT2D eigenvalue weighted by Gasteiger charge is 2.30. The van der Waals surface area contributed by atoms with E-state index in [0.717, 1.165) is 133 Å². The predicted molar refractivity (Wildman–Crippen MR) is 288 cm³/mol. The topological polar surface area (TPSA) is 93.6 Å². The van der Waals surface area contributed by atoms with Crippen LogP contribution in [0.3, 0.4) is 0 Å². The molecule has 10 aromatic rings. The summed E-state index contributed by atoms with van der Waals surface area (Å²) in [6.45, 7) is 29.7. The lowest BCUT2D eigenvalue weighted by Crippen LogP contribution is -2.41. The zero-order chi connectivity index (χ0) is 49.0. The van der Waals surface area contributed by atoms with Crippen molar-refractivity contribution in [2.75, 3.05) is 0 Å². The Morgan fingerprint density at radius 2 is 0.710 bits per heavy atom. The summed E-state index contributed by atoms with van der Waals surface area (Å²) in [6, 6.07) is 34.6. The van der Waals surface area contributed by atoms with Crippen LogP contribution in [0, 0.1) is 74.7 Å². The molecule has 5 aromatic heterocycles. The van der Waals surface area contributed by atoms with E-state index in [4.69, 9.17) is 24.9 Å². The molecule has 0 radical (unpaired) electrons. The Balaban J connectivity index is 1.39. The molecule has 0 aliphatic carbocycles. The molecule has 0 aliphatic heterocycles. The molecule has 1 atom stereocenters. The lowest BCUT2D eigenvalue weighted by atomic mass is 9.87. The molecule has 10 rings (SSSR count). The third kappa shape index (κ3) is 7.69. The molecule has 5 heterocycles. The molecular weight excluding hydrogens is 845 g/mol. The lowest BCUT2D eigenvalue weighted by Gasteiger charge is -2.28. The van der Waals surface area contributed by atoms with Crippen LogP contribution in [0.1, 0.15) is 93.8 Å². The number of hydrogen-bond donors (Lipinski definition) is 1. The van der Waals surface area contributed by atoms with Crippen LogP contribution in [0.4, 0.5) is 0 Å². The van der Waals surface area contributed by atoms with Crippen LogP contribution in [0.2, 0.25) is 0 Å². The number of rotatable bonds is 6. The largest absolute Gasteiger partial charge is 0.348 e. The van der Waals surface area contributed by atoms with E-state index in [1.54, 1.807) is 0 Å². The second kappa shape index (κ2) is 16.7. The molecule has 0 spiro atoms. The first-order valence-corrected chi connectivity index (χ1v) is 24.1. The first-order valence-electron chi connectivity index (χ1n) is 24.1. The molecule has 0 saturated carbocycles. The summed E-state index contributed by atoms with van der Waals surface area (Å²) in [6.07, 6.45) is 0. The van der Waals surface area contributed by atoms with Crippen LogP contribution in [0.15, 0.2) is 97.1 Å². The highest BCUT2D eigenvalue weighted by atomic mass is 16.2. The molecule has 7 nitrogen and oxygen atoms in total. The number of nitrogens with zero attached hydrogens (tertiary/aromatic N) is 5. The van der Waals surface area contributed by atoms with E-state index >= 15 is 4.79 Å². The maximum Gasteiger partial charge on any atom is 0.270 e. The van der Waals surface area contributed by atoms with Gasteiger partial charge in [0, 0.05) is 55.2 Å². The van der Waals surface area contributed by atoms with Gasteiger partial charge >= 0.3 is 0 Å². The maximum absolute atomic E-state index is 15.0. The molecule has 5 aromatic carbocycles. The van der Waals surface area contributed by atoms with Gasteiger partial charge in [-0.25, -0.2) is 24.9 Å². The van der Waals surface area contributed by atoms with E-state index in [0.29, 0.717) is 22.6 Å². The summed E-state index contributed by atoms with van der Waals surface area (Å²) in [4.78, 5) is 43.0. The van der Waals surface area contributed by atoms with Gasteiger partial charge in [-0.1, -0.05) is 87.5 Å². The molecule has 0 aliphatic rings. The van der Waals surface area contributed by atoms with Gasteiger partial charge in [-0.05, 0) is 168 Å². The molecule has 344 valence electrons. The predicted octanol–water partition coefficient (Wildman–Crippen LogP) is 15.3. The molecule has 69 heavy (non-hydrogen) atoms. The Hall–Kier alpha value is -7.38. The number of aryl methyl sites for hydroxylation is 10. The van der Waals surface area contributed by atoms with Crippen LogP contribution in [0.5, 0.6) is 0 Å². The number of benzene rings is 5. The summed E-state index contributed by atoms with van der Waals surface area (Å²) in [7, 11) is 0. The van der Waals surface area contributed by atoms with Crippen molar-refractivity contribution in [2.45, 2.75) is 103 Å². The fourth-order valence-corrected chi connectivity index (χ4v) is 9.79. The van der Waals surface area contributed by atoms with E-state index in [-0.39, 0.29) is 17.4 Å². The van der Waals surface area contributed by atoms with Gasteiger partial charge in [-0.2, -0.15) is 0 Å². The summed E-state index contributed by atoms with van der Waals surface area (Å²) in [5.41, 5.74) is 21.5. The Morgan fingerprint density at radius 1 is 0.391 bits per heavy atom. The van der Waals surface area contributed by atoms with E-state index in [1.165, 1.54) is 5.56 Å². The molecule has 0 unspecified atom stereocenters. The SMILES string of the molecule is Cc1ccc(C)c2nc(-c3cc4c(C)ccc(C)c4nc3-c3cc4c(C)ccc(C)c4nc3-c3cc4c(C)ccc(C)c4nc3-c3cc4c(C)ccc(C)c4nc3C(=O)N[C@@H](C)C(C)(C)C)ccc12. The molecule has 1 N–H and O–H groups in total.